The molecule has 0 saturated heterocycles. The van der Waals surface area contributed by atoms with Crippen LogP contribution in [0.5, 0.6) is 5.75 Å². The molecule has 1 aromatic rings. The minimum atomic E-state index is -0.386. The summed E-state index contributed by atoms with van der Waals surface area (Å²) in [6.07, 6.45) is 2.08. The molecule has 0 heterocycles. The van der Waals surface area contributed by atoms with Gasteiger partial charge in [0, 0.05) is 6.54 Å². The Hall–Kier alpha value is -1.55. The number of carbonyl (C=O) groups excluding carboxylic acids is 1. The Balaban J connectivity index is 1.79. The molecule has 1 saturated carbocycles. The average molecular weight is 277 g/mol. The fourth-order valence-electron chi connectivity index (χ4n) is 1.95. The van der Waals surface area contributed by atoms with Crippen LogP contribution in [0.25, 0.3) is 0 Å². The van der Waals surface area contributed by atoms with Crippen LogP contribution in [0.4, 0.5) is 0 Å². The number of carbonyl (C=O) groups is 1. The smallest absolute Gasteiger partial charge is 0.249 e. The largest absolute Gasteiger partial charge is 0.496 e. The highest BCUT2D eigenvalue weighted by Crippen LogP contribution is 2.29. The van der Waals surface area contributed by atoms with Gasteiger partial charge in [-0.1, -0.05) is 12.1 Å². The molecule has 1 fully saturated rings. The number of aryl methyl sites for hydroxylation is 1. The lowest BCUT2D eigenvalue weighted by molar-refractivity contribution is -0.132. The first-order valence-electron chi connectivity index (χ1n) is 7.13. The molecule has 1 atom stereocenters. The molecule has 4 nitrogen and oxygen atoms in total. The molecule has 1 N–H and O–H groups in total. The maximum absolute atomic E-state index is 11.9. The van der Waals surface area contributed by atoms with E-state index in [4.69, 9.17) is 9.47 Å². The number of hydrogen-bond acceptors (Lipinski definition) is 3. The zero-order valence-corrected chi connectivity index (χ0v) is 12.4. The van der Waals surface area contributed by atoms with E-state index in [1.54, 1.807) is 14.0 Å². The maximum atomic E-state index is 11.9. The summed E-state index contributed by atoms with van der Waals surface area (Å²) in [7, 11) is 1.65. The van der Waals surface area contributed by atoms with Crippen molar-refractivity contribution >= 4 is 5.91 Å². The quantitative estimate of drug-likeness (QED) is 0.832. The van der Waals surface area contributed by atoms with E-state index in [2.05, 4.69) is 5.32 Å². The summed E-state index contributed by atoms with van der Waals surface area (Å²) in [4.78, 5) is 11.9. The van der Waals surface area contributed by atoms with Crippen molar-refractivity contribution in [2.75, 3.05) is 13.7 Å². The highest BCUT2D eigenvalue weighted by molar-refractivity contribution is 5.80. The molecule has 1 aliphatic rings. The minimum absolute atomic E-state index is 0.0646. The molecular formula is C16H23NO3. The van der Waals surface area contributed by atoms with Gasteiger partial charge in [0.25, 0.3) is 0 Å². The number of methoxy groups -OCH3 is 1. The highest BCUT2D eigenvalue weighted by Gasteiger charge is 2.23. The van der Waals surface area contributed by atoms with Crippen molar-refractivity contribution in [2.45, 2.75) is 39.3 Å². The molecule has 0 radical (unpaired) electrons. The molecule has 20 heavy (non-hydrogen) atoms. The number of amides is 1. The molecule has 0 bridgehead atoms. The fraction of sp³-hybridized carbons (Fsp3) is 0.562. The number of nitrogens with one attached hydrogen (secondary N) is 1. The van der Waals surface area contributed by atoms with Crippen LogP contribution in [0, 0.1) is 12.8 Å². The number of hydrogen-bond donors (Lipinski definition) is 1. The Morgan fingerprint density at radius 3 is 2.85 bits per heavy atom. The van der Waals surface area contributed by atoms with E-state index in [0.717, 1.165) is 16.9 Å². The highest BCUT2D eigenvalue weighted by atomic mass is 16.5. The molecule has 110 valence electrons. The topological polar surface area (TPSA) is 47.6 Å². The van der Waals surface area contributed by atoms with Gasteiger partial charge >= 0.3 is 0 Å². The molecule has 2 rings (SSSR count). The Morgan fingerprint density at radius 2 is 2.20 bits per heavy atom. The lowest BCUT2D eigenvalue weighted by atomic mass is 10.1. The zero-order chi connectivity index (χ0) is 14.5. The van der Waals surface area contributed by atoms with Crippen LogP contribution < -0.4 is 10.1 Å². The van der Waals surface area contributed by atoms with Gasteiger partial charge in [-0.05, 0) is 49.8 Å². The second kappa shape index (κ2) is 6.75. The van der Waals surface area contributed by atoms with Crippen LogP contribution >= 0.6 is 0 Å². The first-order chi connectivity index (χ1) is 9.60. The van der Waals surface area contributed by atoms with Gasteiger partial charge < -0.3 is 14.8 Å². The van der Waals surface area contributed by atoms with Gasteiger partial charge in [-0.3, -0.25) is 4.79 Å². The molecule has 0 aliphatic heterocycles. The second-order valence-electron chi connectivity index (χ2n) is 5.44. The first kappa shape index (κ1) is 14.9. The summed E-state index contributed by atoms with van der Waals surface area (Å²) in [5, 5.41) is 2.89. The Bertz CT molecular complexity index is 469. The number of ether oxygens (including phenoxy) is 2. The molecule has 0 aromatic heterocycles. The lowest BCUT2D eigenvalue weighted by Gasteiger charge is -2.14. The molecular weight excluding hydrogens is 254 g/mol. The molecule has 1 amide bonds. The average Bonchev–Trinajstić information content (AvgIpc) is 3.27. The maximum Gasteiger partial charge on any atom is 0.249 e. The Morgan fingerprint density at radius 1 is 1.45 bits per heavy atom. The molecule has 1 aromatic carbocycles. The third kappa shape index (κ3) is 4.23. The van der Waals surface area contributed by atoms with Gasteiger partial charge in [-0.25, -0.2) is 0 Å². The van der Waals surface area contributed by atoms with E-state index in [9.17, 15) is 4.79 Å². The van der Waals surface area contributed by atoms with Gasteiger partial charge in [0.15, 0.2) is 0 Å². The van der Waals surface area contributed by atoms with Crippen LogP contribution in [0.2, 0.25) is 0 Å². The third-order valence-corrected chi connectivity index (χ3v) is 3.59. The van der Waals surface area contributed by atoms with Crippen molar-refractivity contribution in [3.63, 3.8) is 0 Å². The van der Waals surface area contributed by atoms with Gasteiger partial charge in [0.2, 0.25) is 5.91 Å². The van der Waals surface area contributed by atoms with Crippen molar-refractivity contribution in [2.24, 2.45) is 5.92 Å². The van der Waals surface area contributed by atoms with E-state index in [1.807, 2.05) is 25.1 Å². The second-order valence-corrected chi connectivity index (χ2v) is 5.44. The van der Waals surface area contributed by atoms with Crippen LogP contribution in [-0.2, 0) is 16.1 Å². The summed E-state index contributed by atoms with van der Waals surface area (Å²) in [6.45, 7) is 4.99. The summed E-state index contributed by atoms with van der Waals surface area (Å²) in [5.41, 5.74) is 2.11. The van der Waals surface area contributed by atoms with Crippen LogP contribution in [0.3, 0.4) is 0 Å². The van der Waals surface area contributed by atoms with E-state index in [1.165, 1.54) is 12.8 Å². The van der Waals surface area contributed by atoms with E-state index in [-0.39, 0.29) is 12.0 Å². The van der Waals surface area contributed by atoms with Gasteiger partial charge in [-0.15, -0.1) is 0 Å². The van der Waals surface area contributed by atoms with Crippen LogP contribution in [0.15, 0.2) is 18.2 Å². The van der Waals surface area contributed by atoms with Crippen molar-refractivity contribution in [1.82, 2.24) is 5.32 Å². The van der Waals surface area contributed by atoms with Gasteiger partial charge in [-0.2, -0.15) is 0 Å². The molecule has 4 heteroatoms. The summed E-state index contributed by atoms with van der Waals surface area (Å²) in [5.74, 6) is 1.45. The zero-order valence-electron chi connectivity index (χ0n) is 12.4. The summed E-state index contributed by atoms with van der Waals surface area (Å²) >= 11 is 0. The first-order valence-corrected chi connectivity index (χ1v) is 7.13. The molecule has 0 spiro atoms. The SMILES string of the molecule is COc1cc(CNC(=O)C(C)OCC2CC2)ccc1C. The lowest BCUT2D eigenvalue weighted by Crippen LogP contribution is -2.34. The van der Waals surface area contributed by atoms with E-state index < -0.39 is 0 Å². The van der Waals surface area contributed by atoms with Gasteiger partial charge in [0.1, 0.15) is 11.9 Å². The van der Waals surface area contributed by atoms with E-state index >= 15 is 0 Å². The molecule has 1 unspecified atom stereocenters. The predicted molar refractivity (Wildman–Crippen MR) is 77.7 cm³/mol. The minimum Gasteiger partial charge on any atom is -0.496 e. The predicted octanol–water partition coefficient (Wildman–Crippen LogP) is 2.43. The monoisotopic (exact) mass is 277 g/mol. The molecule has 1 aliphatic carbocycles. The van der Waals surface area contributed by atoms with Crippen molar-refractivity contribution in [3.05, 3.63) is 29.3 Å². The van der Waals surface area contributed by atoms with Crippen LogP contribution in [0.1, 0.15) is 30.9 Å². The number of benzene rings is 1. The van der Waals surface area contributed by atoms with Crippen molar-refractivity contribution < 1.29 is 14.3 Å². The normalized spacial score (nSPS) is 15.8. The third-order valence-electron chi connectivity index (χ3n) is 3.59. The van der Waals surface area contributed by atoms with Crippen LogP contribution in [-0.4, -0.2) is 25.7 Å². The summed E-state index contributed by atoms with van der Waals surface area (Å²) in [6, 6.07) is 5.94. The Labute approximate surface area is 120 Å². The van der Waals surface area contributed by atoms with Crippen molar-refractivity contribution in [1.29, 1.82) is 0 Å². The van der Waals surface area contributed by atoms with Crippen molar-refractivity contribution in [3.8, 4) is 5.75 Å². The van der Waals surface area contributed by atoms with Gasteiger partial charge in [0.05, 0.1) is 13.7 Å². The summed E-state index contributed by atoms with van der Waals surface area (Å²) < 4.78 is 10.8. The van der Waals surface area contributed by atoms with E-state index in [0.29, 0.717) is 19.1 Å². The fourth-order valence-corrected chi connectivity index (χ4v) is 1.95. The Kier molecular flexibility index (Phi) is 5.01. The number of rotatable bonds is 7. The standard InChI is InChI=1S/C16H23NO3/c1-11-4-5-14(8-15(11)19-3)9-17-16(18)12(2)20-10-13-6-7-13/h4-5,8,12-13H,6-7,9-10H2,1-3H3,(H,17,18).